The van der Waals surface area contributed by atoms with Crippen molar-refractivity contribution >= 4 is 18.0 Å². The van der Waals surface area contributed by atoms with E-state index in [0.29, 0.717) is 15.8 Å². The fraction of sp³-hybridized carbons (Fsp3) is 0.0769. The molecule has 80 valence electrons. The maximum Gasteiger partial charge on any atom is 0.194 e. The van der Waals surface area contributed by atoms with Crippen molar-refractivity contribution in [3.05, 3.63) is 63.9 Å². The number of rotatable bonds is 2. The van der Waals surface area contributed by atoms with Gasteiger partial charge in [0.15, 0.2) is 5.78 Å². The minimum atomic E-state index is 0.0179. The van der Waals surface area contributed by atoms with Gasteiger partial charge in [-0.2, -0.15) is 0 Å². The number of pyridine rings is 1. The number of H-pyrrole nitrogens is 1. The monoisotopic (exact) mass is 229 g/mol. The van der Waals surface area contributed by atoms with Crippen LogP contribution in [-0.4, -0.2) is 10.8 Å². The van der Waals surface area contributed by atoms with Gasteiger partial charge in [0, 0.05) is 16.8 Å². The summed E-state index contributed by atoms with van der Waals surface area (Å²) in [6.45, 7) is 1.85. The van der Waals surface area contributed by atoms with Crippen molar-refractivity contribution in [3.8, 4) is 0 Å². The molecule has 0 atom stereocenters. The minimum absolute atomic E-state index is 0.0179. The Morgan fingerprint density at radius 3 is 2.44 bits per heavy atom. The molecule has 0 saturated heterocycles. The summed E-state index contributed by atoms with van der Waals surface area (Å²) in [6, 6.07) is 12.7. The normalized spacial score (nSPS) is 10.1. The predicted octanol–water partition coefficient (Wildman–Crippen LogP) is 3.28. The molecule has 1 heterocycles. The largest absolute Gasteiger partial charge is 0.350 e. The van der Waals surface area contributed by atoms with Crippen LogP contribution in [0.2, 0.25) is 0 Å². The molecule has 1 N–H and O–H groups in total. The average Bonchev–Trinajstić information content (AvgIpc) is 2.29. The zero-order chi connectivity index (χ0) is 11.5. The Morgan fingerprint density at radius 1 is 1.12 bits per heavy atom. The molecule has 3 heteroatoms. The molecule has 0 radical (unpaired) electrons. The van der Waals surface area contributed by atoms with E-state index in [2.05, 4.69) is 4.98 Å². The number of aromatic nitrogens is 1. The van der Waals surface area contributed by atoms with E-state index in [1.807, 2.05) is 37.3 Å². The third kappa shape index (κ3) is 2.09. The van der Waals surface area contributed by atoms with Crippen LogP contribution < -0.4 is 0 Å². The van der Waals surface area contributed by atoms with Gasteiger partial charge in [-0.05, 0) is 19.1 Å². The van der Waals surface area contributed by atoms with E-state index in [0.717, 1.165) is 5.69 Å². The number of aromatic amines is 1. The quantitative estimate of drug-likeness (QED) is 0.633. The van der Waals surface area contributed by atoms with Crippen molar-refractivity contribution in [3.63, 3.8) is 0 Å². The highest BCUT2D eigenvalue weighted by molar-refractivity contribution is 7.71. The lowest BCUT2D eigenvalue weighted by Gasteiger charge is -2.04. The van der Waals surface area contributed by atoms with Crippen LogP contribution in [0.15, 0.2) is 42.5 Å². The van der Waals surface area contributed by atoms with Crippen LogP contribution in [0, 0.1) is 11.6 Å². The summed E-state index contributed by atoms with van der Waals surface area (Å²) < 4.78 is 0.641. The lowest BCUT2D eigenvalue weighted by Crippen LogP contribution is -2.04. The van der Waals surface area contributed by atoms with Crippen LogP contribution in [-0.2, 0) is 0 Å². The second kappa shape index (κ2) is 4.41. The number of carbonyl (C=O) groups excluding carboxylic acids is 1. The third-order valence-electron chi connectivity index (χ3n) is 2.40. The van der Waals surface area contributed by atoms with Crippen LogP contribution in [0.25, 0.3) is 0 Å². The highest BCUT2D eigenvalue weighted by Gasteiger charge is 2.10. The maximum atomic E-state index is 12.1. The van der Waals surface area contributed by atoms with E-state index >= 15 is 0 Å². The molecule has 2 nitrogen and oxygen atoms in total. The molecule has 0 fully saturated rings. The van der Waals surface area contributed by atoms with Gasteiger partial charge in [0.2, 0.25) is 0 Å². The highest BCUT2D eigenvalue weighted by atomic mass is 32.1. The summed E-state index contributed by atoms with van der Waals surface area (Å²) in [5.41, 5.74) is 2.16. The highest BCUT2D eigenvalue weighted by Crippen LogP contribution is 2.12. The molecule has 0 amide bonds. The first-order valence-electron chi connectivity index (χ1n) is 4.98. The number of hydrogen-bond donors (Lipinski definition) is 1. The van der Waals surface area contributed by atoms with Gasteiger partial charge in [-0.25, -0.2) is 0 Å². The molecule has 0 aliphatic rings. The molecule has 16 heavy (non-hydrogen) atoms. The number of ketones is 1. The number of carbonyl (C=O) groups is 1. The predicted molar refractivity (Wildman–Crippen MR) is 66.2 cm³/mol. The Kier molecular flexibility index (Phi) is 2.97. The van der Waals surface area contributed by atoms with Gasteiger partial charge in [0.1, 0.15) is 4.64 Å². The van der Waals surface area contributed by atoms with Gasteiger partial charge in [-0.15, -0.1) is 0 Å². The summed E-state index contributed by atoms with van der Waals surface area (Å²) >= 11 is 5.00. The SMILES string of the molecule is Cc1[nH]c(=S)ccc1C(=O)c1ccccc1. The second-order valence-corrected chi connectivity index (χ2v) is 4.00. The zero-order valence-corrected chi connectivity index (χ0v) is 9.67. The van der Waals surface area contributed by atoms with Gasteiger partial charge in [-0.3, -0.25) is 4.79 Å². The summed E-state index contributed by atoms with van der Waals surface area (Å²) in [5.74, 6) is 0.0179. The first kappa shape index (κ1) is 10.8. The fourth-order valence-electron chi connectivity index (χ4n) is 1.57. The van der Waals surface area contributed by atoms with Gasteiger partial charge in [-0.1, -0.05) is 42.5 Å². The zero-order valence-electron chi connectivity index (χ0n) is 8.86. The summed E-state index contributed by atoms with van der Waals surface area (Å²) in [6.07, 6.45) is 0. The minimum Gasteiger partial charge on any atom is -0.350 e. The van der Waals surface area contributed by atoms with Crippen molar-refractivity contribution in [1.82, 2.24) is 4.98 Å². The summed E-state index contributed by atoms with van der Waals surface area (Å²) in [7, 11) is 0. The molecule has 1 aromatic heterocycles. The van der Waals surface area contributed by atoms with Crippen molar-refractivity contribution in [2.45, 2.75) is 6.92 Å². The van der Waals surface area contributed by atoms with Crippen molar-refractivity contribution in [2.24, 2.45) is 0 Å². The maximum absolute atomic E-state index is 12.1. The molecular weight excluding hydrogens is 218 g/mol. The Labute approximate surface area is 99.0 Å². The smallest absolute Gasteiger partial charge is 0.194 e. The molecular formula is C13H11NOS. The van der Waals surface area contributed by atoms with Gasteiger partial charge in [0.05, 0.1) is 0 Å². The first-order valence-corrected chi connectivity index (χ1v) is 5.39. The Balaban J connectivity index is 2.46. The van der Waals surface area contributed by atoms with Crippen LogP contribution in [0.3, 0.4) is 0 Å². The number of benzene rings is 1. The summed E-state index contributed by atoms with van der Waals surface area (Å²) in [5, 5.41) is 0. The topological polar surface area (TPSA) is 32.9 Å². The van der Waals surface area contributed by atoms with E-state index < -0.39 is 0 Å². The van der Waals surface area contributed by atoms with Crippen molar-refractivity contribution < 1.29 is 4.79 Å². The fourth-order valence-corrected chi connectivity index (χ4v) is 1.79. The van der Waals surface area contributed by atoms with Crippen LogP contribution >= 0.6 is 12.2 Å². The summed E-state index contributed by atoms with van der Waals surface area (Å²) in [4.78, 5) is 15.1. The molecule has 0 aliphatic heterocycles. The van der Waals surface area contributed by atoms with E-state index in [9.17, 15) is 4.79 Å². The van der Waals surface area contributed by atoms with Crippen molar-refractivity contribution in [1.29, 1.82) is 0 Å². The number of nitrogens with one attached hydrogen (secondary N) is 1. The number of aryl methyl sites for hydroxylation is 1. The van der Waals surface area contributed by atoms with E-state index in [1.165, 1.54) is 0 Å². The van der Waals surface area contributed by atoms with E-state index in [-0.39, 0.29) is 5.78 Å². The van der Waals surface area contributed by atoms with Crippen LogP contribution in [0.1, 0.15) is 21.6 Å². The second-order valence-electron chi connectivity index (χ2n) is 3.56. The molecule has 2 rings (SSSR count). The molecule has 1 aromatic carbocycles. The standard InChI is InChI=1S/C13H11NOS/c1-9-11(7-8-12(16)14-9)13(15)10-5-3-2-4-6-10/h2-8H,1H3,(H,14,16). The van der Waals surface area contributed by atoms with Crippen molar-refractivity contribution in [2.75, 3.05) is 0 Å². The van der Waals surface area contributed by atoms with Crippen LogP contribution in [0.5, 0.6) is 0 Å². The Bertz CT molecular complexity index is 572. The average molecular weight is 229 g/mol. The van der Waals surface area contributed by atoms with Gasteiger partial charge in [0.25, 0.3) is 0 Å². The lowest BCUT2D eigenvalue weighted by atomic mass is 10.0. The van der Waals surface area contributed by atoms with Gasteiger partial charge >= 0.3 is 0 Å². The first-order chi connectivity index (χ1) is 7.68. The Morgan fingerprint density at radius 2 is 1.81 bits per heavy atom. The molecule has 2 aromatic rings. The van der Waals surface area contributed by atoms with Crippen LogP contribution in [0.4, 0.5) is 0 Å². The Hall–Kier alpha value is -1.74. The number of hydrogen-bond acceptors (Lipinski definition) is 2. The molecule has 0 saturated carbocycles. The molecule has 0 bridgehead atoms. The molecule has 0 aliphatic carbocycles. The van der Waals surface area contributed by atoms with Gasteiger partial charge < -0.3 is 4.98 Å². The van der Waals surface area contributed by atoms with E-state index in [1.54, 1.807) is 12.1 Å². The molecule has 0 spiro atoms. The third-order valence-corrected chi connectivity index (χ3v) is 2.63. The lowest BCUT2D eigenvalue weighted by molar-refractivity contribution is 0.103. The molecule has 0 unspecified atom stereocenters. The van der Waals surface area contributed by atoms with E-state index in [4.69, 9.17) is 12.2 Å².